The number of rotatable bonds is 5. The molecule has 4 heteroatoms. The summed E-state index contributed by atoms with van der Waals surface area (Å²) >= 11 is 1.62. The molecule has 3 nitrogen and oxygen atoms in total. The van der Waals surface area contributed by atoms with E-state index in [9.17, 15) is 4.79 Å². The third kappa shape index (κ3) is 3.37. The van der Waals surface area contributed by atoms with Gasteiger partial charge in [0.1, 0.15) is 0 Å². The predicted octanol–water partition coefficient (Wildman–Crippen LogP) is 4.36. The van der Waals surface area contributed by atoms with Gasteiger partial charge in [-0.25, -0.2) is 0 Å². The first-order valence-electron chi connectivity index (χ1n) is 7.71. The lowest BCUT2D eigenvalue weighted by molar-refractivity contribution is 0.0955. The highest BCUT2D eigenvalue weighted by Crippen LogP contribution is 2.22. The van der Waals surface area contributed by atoms with Gasteiger partial charge in [0.2, 0.25) is 0 Å². The van der Waals surface area contributed by atoms with Gasteiger partial charge >= 0.3 is 0 Å². The van der Waals surface area contributed by atoms with Crippen LogP contribution in [-0.4, -0.2) is 19.0 Å². The first-order valence-corrected chi connectivity index (χ1v) is 8.59. The van der Waals surface area contributed by atoms with Crippen LogP contribution in [0.1, 0.15) is 20.8 Å². The van der Waals surface area contributed by atoms with E-state index >= 15 is 0 Å². The Hall–Kier alpha value is -2.33. The molecule has 0 radical (unpaired) electrons. The number of fused-ring (bicyclic) bond motifs is 1. The smallest absolute Gasteiger partial charge is 0.252 e. The lowest BCUT2D eigenvalue weighted by Gasteiger charge is -2.10. The molecule has 1 amide bonds. The zero-order chi connectivity index (χ0) is 16.2. The summed E-state index contributed by atoms with van der Waals surface area (Å²) < 4.78 is 0. The van der Waals surface area contributed by atoms with E-state index in [2.05, 4.69) is 34.9 Å². The summed E-state index contributed by atoms with van der Waals surface area (Å²) in [4.78, 5) is 13.4. The maximum atomic E-state index is 12.2. The van der Waals surface area contributed by atoms with Crippen molar-refractivity contribution in [3.8, 4) is 0 Å². The molecule has 0 atom stereocenters. The molecule has 0 saturated heterocycles. The van der Waals surface area contributed by atoms with Crippen LogP contribution in [0, 0.1) is 13.8 Å². The summed E-state index contributed by atoms with van der Waals surface area (Å²) in [6, 6.07) is 14.5. The summed E-state index contributed by atoms with van der Waals surface area (Å²) in [5, 5.41) is 10.7. The van der Waals surface area contributed by atoms with Gasteiger partial charge in [-0.2, -0.15) is 0 Å². The van der Waals surface area contributed by atoms with Crippen molar-refractivity contribution >= 4 is 33.7 Å². The highest BCUT2D eigenvalue weighted by Gasteiger charge is 2.11. The highest BCUT2D eigenvalue weighted by atomic mass is 32.1. The normalized spacial score (nSPS) is 10.7. The monoisotopic (exact) mass is 324 g/mol. The molecule has 0 spiro atoms. The number of anilines is 1. The van der Waals surface area contributed by atoms with Crippen LogP contribution in [0.4, 0.5) is 5.69 Å². The second kappa shape index (κ2) is 6.84. The van der Waals surface area contributed by atoms with Crippen molar-refractivity contribution in [3.05, 3.63) is 63.8 Å². The van der Waals surface area contributed by atoms with Gasteiger partial charge in [0.15, 0.2) is 0 Å². The molecular weight excluding hydrogens is 304 g/mol. The van der Waals surface area contributed by atoms with E-state index in [0.29, 0.717) is 13.1 Å². The van der Waals surface area contributed by atoms with E-state index in [1.54, 1.807) is 11.3 Å². The molecule has 3 aromatic rings. The lowest BCUT2D eigenvalue weighted by Crippen LogP contribution is -2.28. The summed E-state index contributed by atoms with van der Waals surface area (Å²) in [5.41, 5.74) is 2.96. The van der Waals surface area contributed by atoms with Crippen LogP contribution < -0.4 is 10.6 Å². The number of hydrogen-bond acceptors (Lipinski definition) is 3. The third-order valence-corrected chi connectivity index (χ3v) is 5.06. The minimum Gasteiger partial charge on any atom is -0.383 e. The fourth-order valence-corrected chi connectivity index (χ4v) is 3.45. The van der Waals surface area contributed by atoms with Gasteiger partial charge in [-0.1, -0.05) is 36.4 Å². The van der Waals surface area contributed by atoms with Gasteiger partial charge in [0.25, 0.3) is 5.91 Å². The van der Waals surface area contributed by atoms with Gasteiger partial charge in [0.05, 0.1) is 5.56 Å². The standard InChI is InChI=1S/C19H20N2OS/c1-13-14(2)23-12-17(13)19(22)21-11-10-20-18-9-5-7-15-6-3-4-8-16(15)18/h3-9,12,20H,10-11H2,1-2H3,(H,21,22). The van der Waals surface area contributed by atoms with Crippen molar-refractivity contribution in [2.75, 3.05) is 18.4 Å². The maximum Gasteiger partial charge on any atom is 0.252 e. The second-order valence-electron chi connectivity index (χ2n) is 5.54. The van der Waals surface area contributed by atoms with Crippen LogP contribution in [-0.2, 0) is 0 Å². The lowest BCUT2D eigenvalue weighted by atomic mass is 10.1. The Morgan fingerprint density at radius 2 is 1.83 bits per heavy atom. The van der Waals surface area contributed by atoms with E-state index in [0.717, 1.165) is 16.8 Å². The highest BCUT2D eigenvalue weighted by molar-refractivity contribution is 7.10. The van der Waals surface area contributed by atoms with Crippen LogP contribution in [0.2, 0.25) is 0 Å². The van der Waals surface area contributed by atoms with E-state index < -0.39 is 0 Å². The van der Waals surface area contributed by atoms with Gasteiger partial charge in [-0.05, 0) is 30.9 Å². The zero-order valence-electron chi connectivity index (χ0n) is 13.3. The zero-order valence-corrected chi connectivity index (χ0v) is 14.2. The Labute approximate surface area is 140 Å². The van der Waals surface area contributed by atoms with Crippen LogP contribution >= 0.6 is 11.3 Å². The number of hydrogen-bond donors (Lipinski definition) is 2. The van der Waals surface area contributed by atoms with E-state index in [1.165, 1.54) is 15.6 Å². The third-order valence-electron chi connectivity index (χ3n) is 4.05. The first kappa shape index (κ1) is 15.6. The Balaban J connectivity index is 1.57. The topological polar surface area (TPSA) is 41.1 Å². The van der Waals surface area contributed by atoms with Crippen molar-refractivity contribution in [2.45, 2.75) is 13.8 Å². The Kier molecular flexibility index (Phi) is 4.63. The van der Waals surface area contributed by atoms with Crippen molar-refractivity contribution in [1.29, 1.82) is 0 Å². The Morgan fingerprint density at radius 3 is 2.61 bits per heavy atom. The molecule has 1 aromatic heterocycles. The van der Waals surface area contributed by atoms with Crippen molar-refractivity contribution in [1.82, 2.24) is 5.32 Å². The number of aryl methyl sites for hydroxylation is 1. The molecule has 1 heterocycles. The molecule has 23 heavy (non-hydrogen) atoms. The van der Waals surface area contributed by atoms with Crippen LogP contribution in [0.5, 0.6) is 0 Å². The SMILES string of the molecule is Cc1scc(C(=O)NCCNc2cccc3ccccc23)c1C. The Bertz CT molecular complexity index is 833. The van der Waals surface area contributed by atoms with Gasteiger partial charge in [-0.15, -0.1) is 11.3 Å². The van der Waals surface area contributed by atoms with Gasteiger partial charge < -0.3 is 10.6 Å². The summed E-state index contributed by atoms with van der Waals surface area (Å²) in [6.45, 7) is 5.33. The Morgan fingerprint density at radius 1 is 1.04 bits per heavy atom. The maximum absolute atomic E-state index is 12.2. The molecule has 2 aromatic carbocycles. The number of nitrogens with one attached hydrogen (secondary N) is 2. The quantitative estimate of drug-likeness (QED) is 0.685. The predicted molar refractivity (Wildman–Crippen MR) is 98.6 cm³/mol. The van der Waals surface area contributed by atoms with Gasteiger partial charge in [0, 0.05) is 34.4 Å². The average molecular weight is 324 g/mol. The van der Waals surface area contributed by atoms with Crippen LogP contribution in [0.25, 0.3) is 10.8 Å². The van der Waals surface area contributed by atoms with E-state index in [4.69, 9.17) is 0 Å². The summed E-state index contributed by atoms with van der Waals surface area (Å²) in [7, 11) is 0. The minimum absolute atomic E-state index is 0.00608. The molecule has 0 aliphatic carbocycles. The molecule has 3 rings (SSSR count). The minimum atomic E-state index is 0.00608. The number of amides is 1. The number of carbonyl (C=O) groups excluding carboxylic acids is 1. The molecule has 118 valence electrons. The number of carbonyl (C=O) groups is 1. The van der Waals surface area contributed by atoms with E-state index in [1.807, 2.05) is 37.4 Å². The molecule has 0 fully saturated rings. The van der Waals surface area contributed by atoms with Crippen LogP contribution in [0.3, 0.4) is 0 Å². The number of benzene rings is 2. The molecule has 0 unspecified atom stereocenters. The van der Waals surface area contributed by atoms with Crippen molar-refractivity contribution in [3.63, 3.8) is 0 Å². The largest absolute Gasteiger partial charge is 0.383 e. The molecular formula is C19H20N2OS. The number of thiophene rings is 1. The van der Waals surface area contributed by atoms with Crippen molar-refractivity contribution in [2.24, 2.45) is 0 Å². The molecule has 2 N–H and O–H groups in total. The summed E-state index contributed by atoms with van der Waals surface area (Å²) in [6.07, 6.45) is 0. The molecule has 0 saturated carbocycles. The van der Waals surface area contributed by atoms with Gasteiger partial charge in [-0.3, -0.25) is 4.79 Å². The fourth-order valence-electron chi connectivity index (χ4n) is 2.59. The van der Waals surface area contributed by atoms with Crippen molar-refractivity contribution < 1.29 is 4.79 Å². The fraction of sp³-hybridized carbons (Fsp3) is 0.211. The van der Waals surface area contributed by atoms with E-state index in [-0.39, 0.29) is 5.91 Å². The summed E-state index contributed by atoms with van der Waals surface area (Å²) in [5.74, 6) is 0.00608. The molecule has 0 aliphatic rings. The second-order valence-corrected chi connectivity index (χ2v) is 6.62. The van der Waals surface area contributed by atoms with Crippen LogP contribution in [0.15, 0.2) is 47.8 Å². The first-order chi connectivity index (χ1) is 11.2. The molecule has 0 aliphatic heterocycles. The average Bonchev–Trinajstić information content (AvgIpc) is 2.91. The molecule has 0 bridgehead atoms.